The second kappa shape index (κ2) is 34.7. The third-order valence-electron chi connectivity index (χ3n) is 7.21. The summed E-state index contributed by atoms with van der Waals surface area (Å²) in [6.07, 6.45) is 2.56. The van der Waals surface area contributed by atoms with Crippen LogP contribution in [0, 0.1) is 0 Å². The summed E-state index contributed by atoms with van der Waals surface area (Å²) in [5.41, 5.74) is 0.368. The monoisotopic (exact) mass is 1100 g/mol. The molecule has 0 aromatic rings. The van der Waals surface area contributed by atoms with Gasteiger partial charge in [-0.2, -0.15) is 0 Å². The molecule has 0 aliphatic carbocycles. The van der Waals surface area contributed by atoms with Crippen molar-refractivity contribution in [2.24, 2.45) is 0 Å². The Hall–Kier alpha value is 2.43. The van der Waals surface area contributed by atoms with Gasteiger partial charge in [-0.15, -0.1) is 5.54 Å². The van der Waals surface area contributed by atoms with Crippen molar-refractivity contribution >= 4 is 65.9 Å². The Morgan fingerprint density at radius 2 is 0.677 bits per heavy atom. The number of rotatable bonds is 18. The van der Waals surface area contributed by atoms with Gasteiger partial charge in [0.05, 0.1) is 0 Å². The van der Waals surface area contributed by atoms with Gasteiger partial charge in [0.25, 0.3) is 0 Å². The average molecular weight is 1100 g/mol. The van der Waals surface area contributed by atoms with E-state index < -0.39 is 65.9 Å². The van der Waals surface area contributed by atoms with E-state index >= 15 is 0 Å². The van der Waals surface area contributed by atoms with Crippen LogP contribution in [0.1, 0.15) is 68.2 Å². The van der Waals surface area contributed by atoms with Crippen molar-refractivity contribution in [2.75, 3.05) is 52.5 Å². The Labute approximate surface area is 423 Å². The Bertz CT molecular complexity index is 886. The standard InChI is InChI=1S/C11H28N2Si.C11H27N2Si.3C6H18NSi2.C4H8O.2Co/c2*1-8-13(9-2)10-11(3,4)12-14(5,6)7;3*1-8(2,3)7-9(4,5)6;1-2-4-5-3-1;;/h12H,8-10H2,1-7H3;8-10H2,1-7H3;3*1-6H3;1-4H2;;/q;4*-1;;+2;+3. The minimum atomic E-state index is -1.29. The summed E-state index contributed by atoms with van der Waals surface area (Å²) >= 11 is 0. The smallest absolute Gasteiger partial charge is 0.668 e. The van der Waals surface area contributed by atoms with Gasteiger partial charge < -0.3 is 38.4 Å². The van der Waals surface area contributed by atoms with E-state index in [0.717, 1.165) is 52.5 Å². The third kappa shape index (κ3) is 76.7. The molecule has 0 bridgehead atoms. The summed E-state index contributed by atoms with van der Waals surface area (Å²) in [4.78, 5) is 13.7. The van der Waals surface area contributed by atoms with Crippen LogP contribution in [0.3, 0.4) is 0 Å². The molecular formula is C44H117Co2N7OSi8+. The molecule has 383 valence electrons. The Morgan fingerprint density at radius 1 is 0.435 bits per heavy atom. The first kappa shape index (κ1) is 78.6. The Balaban J connectivity index is -0.000000119. The third-order valence-corrected chi connectivity index (χ3v) is 26.0. The molecule has 1 fully saturated rings. The topological polar surface area (TPSA) is 84.1 Å². The van der Waals surface area contributed by atoms with E-state index in [9.17, 15) is 0 Å². The number of nitrogens with one attached hydrogen (secondary N) is 1. The van der Waals surface area contributed by atoms with E-state index in [4.69, 9.17) is 23.7 Å². The zero-order valence-electron chi connectivity index (χ0n) is 48.3. The van der Waals surface area contributed by atoms with Crippen molar-refractivity contribution in [3.63, 3.8) is 0 Å². The van der Waals surface area contributed by atoms with Crippen molar-refractivity contribution in [2.45, 2.75) is 236 Å². The van der Waals surface area contributed by atoms with Crippen molar-refractivity contribution in [3.8, 4) is 0 Å². The number of likely N-dealkylation sites (N-methyl/N-ethyl adjacent to an activating group) is 2. The van der Waals surface area contributed by atoms with Gasteiger partial charge in [0.2, 0.25) is 0 Å². The molecule has 1 radical (unpaired) electrons. The van der Waals surface area contributed by atoms with Crippen LogP contribution in [0.5, 0.6) is 0 Å². The van der Waals surface area contributed by atoms with Gasteiger partial charge in [-0.1, -0.05) is 256 Å². The van der Waals surface area contributed by atoms with Gasteiger partial charge in [0.1, 0.15) is 8.24 Å². The fourth-order valence-electron chi connectivity index (χ4n) is 7.53. The fraction of sp³-hybridized carbons (Fsp3) is 1.00. The molecule has 1 heterocycles. The molecule has 1 saturated heterocycles. The summed E-state index contributed by atoms with van der Waals surface area (Å²) in [6, 6.07) is 0. The first-order chi connectivity index (χ1) is 26.0. The second-order valence-electron chi connectivity index (χ2n) is 26.0. The molecule has 18 heteroatoms. The molecule has 0 atom stereocenters. The number of nitrogens with zero attached hydrogens (tertiary/aromatic N) is 6. The maximum absolute atomic E-state index is 4.97. The maximum atomic E-state index is 4.97. The van der Waals surface area contributed by atoms with E-state index in [0.29, 0.717) is 0 Å². The first-order valence-corrected chi connectivity index (χ1v) is 51.4. The van der Waals surface area contributed by atoms with Crippen LogP contribution in [-0.4, -0.2) is 139 Å². The molecule has 0 unspecified atom stereocenters. The average Bonchev–Trinajstić information content (AvgIpc) is 3.48. The molecule has 0 aromatic heterocycles. The molecule has 1 rings (SSSR count). The molecule has 0 aromatic carbocycles. The van der Waals surface area contributed by atoms with Gasteiger partial charge in [0, 0.05) is 25.3 Å². The largest absolute Gasteiger partial charge is 3.00 e. The Morgan fingerprint density at radius 3 is 0.823 bits per heavy atom. The predicted octanol–water partition coefficient (Wildman–Crippen LogP) is 15.7. The van der Waals surface area contributed by atoms with E-state index in [1.807, 2.05) is 0 Å². The second-order valence-corrected chi connectivity index (χ2v) is 64.0. The van der Waals surface area contributed by atoms with E-state index in [-0.39, 0.29) is 44.6 Å². The van der Waals surface area contributed by atoms with Crippen molar-refractivity contribution in [1.82, 2.24) is 14.8 Å². The first-order valence-electron chi connectivity index (χ1n) is 23.8. The number of ether oxygens (including phenoxy) is 1. The summed E-state index contributed by atoms with van der Waals surface area (Å²) in [6.45, 7) is 82.1. The van der Waals surface area contributed by atoms with Gasteiger partial charge in [-0.3, -0.25) is 0 Å². The van der Waals surface area contributed by atoms with Crippen molar-refractivity contribution in [3.05, 3.63) is 18.9 Å². The van der Waals surface area contributed by atoms with E-state index in [1.54, 1.807) is 0 Å². The van der Waals surface area contributed by atoms with Crippen LogP contribution >= 0.6 is 0 Å². The molecule has 1 N–H and O–H groups in total. The zero-order valence-corrected chi connectivity index (χ0v) is 58.4. The molecule has 0 saturated carbocycles. The normalized spacial score (nSPS) is 14.2. The molecule has 62 heavy (non-hydrogen) atoms. The van der Waals surface area contributed by atoms with Gasteiger partial charge in [-0.05, 0) is 59.4 Å². The van der Waals surface area contributed by atoms with Crippen LogP contribution < -0.4 is 4.98 Å². The summed E-state index contributed by atoms with van der Waals surface area (Å²) in [5.74, 6) is 0. The maximum Gasteiger partial charge on any atom is 3.00 e. The molecule has 1 aliphatic heterocycles. The summed E-state index contributed by atoms with van der Waals surface area (Å²) < 4.78 is 19.4. The van der Waals surface area contributed by atoms with Crippen LogP contribution in [0.15, 0.2) is 0 Å². The summed E-state index contributed by atoms with van der Waals surface area (Å²) in [5, 5.41) is 0. The van der Waals surface area contributed by atoms with Gasteiger partial charge in [-0.25, -0.2) is 0 Å². The van der Waals surface area contributed by atoms with Crippen molar-refractivity contribution in [1.29, 1.82) is 0 Å². The predicted molar refractivity (Wildman–Crippen MR) is 307 cm³/mol. The van der Waals surface area contributed by atoms with Crippen molar-refractivity contribution < 1.29 is 38.3 Å². The molecule has 0 spiro atoms. The van der Waals surface area contributed by atoms with E-state index in [2.05, 4.69) is 227 Å². The molecular weight excluding hydrogens is 985 g/mol. The number of hydrogen-bond donors (Lipinski definition) is 1. The van der Waals surface area contributed by atoms with Crippen LogP contribution in [0.2, 0.25) is 157 Å². The Kier molecular flexibility index (Phi) is 44.0. The minimum Gasteiger partial charge on any atom is -0.668 e. The van der Waals surface area contributed by atoms with Crippen LogP contribution in [0.4, 0.5) is 0 Å². The van der Waals surface area contributed by atoms with Crippen LogP contribution in [0.25, 0.3) is 18.9 Å². The molecule has 8 nitrogen and oxygen atoms in total. The SMILES string of the molecule is C1CCOC1.CCN(CC)CC(C)(C)N[Si](C)(C)C.CCN(CC)CC(C)(C)[N-][Si](C)(C)C.C[Si](C)(C)[N-][Si](C)(C)C.C[Si](C)(C)[N-][Si](C)(C)C.C[Si](C)(C)[N-][Si](C)(C)C.[Co+2].[Co+3]. The quantitative estimate of drug-likeness (QED) is 0.139. The van der Waals surface area contributed by atoms with E-state index in [1.165, 1.54) is 12.8 Å². The fourth-order valence-corrected chi connectivity index (χ4v) is 35.7. The molecule has 1 aliphatic rings. The van der Waals surface area contributed by atoms with Gasteiger partial charge >= 0.3 is 33.6 Å². The zero-order chi connectivity index (χ0) is 49.5. The van der Waals surface area contributed by atoms with Gasteiger partial charge in [0.15, 0.2) is 0 Å². The minimum absolute atomic E-state index is 0. The number of hydrogen-bond acceptors (Lipinski definition) is 4. The van der Waals surface area contributed by atoms with Crippen LogP contribution in [-0.2, 0) is 38.3 Å². The molecule has 0 amide bonds. The summed E-state index contributed by atoms with van der Waals surface area (Å²) in [7, 11) is -9.08.